The van der Waals surface area contributed by atoms with Crippen molar-refractivity contribution in [2.75, 3.05) is 0 Å². The maximum absolute atomic E-state index is 9.08. The molecule has 3 nitrogen and oxygen atoms in total. The van der Waals surface area contributed by atoms with Gasteiger partial charge in [0, 0.05) is 0 Å². The molecule has 0 heterocycles. The van der Waals surface area contributed by atoms with Gasteiger partial charge in [0.05, 0.1) is 6.10 Å². The molecule has 0 aromatic heterocycles. The van der Waals surface area contributed by atoms with Crippen LogP contribution in [0.25, 0.3) is 0 Å². The largest absolute Gasteiger partial charge is 0.328 e. The molecule has 0 aliphatic carbocycles. The van der Waals surface area contributed by atoms with Gasteiger partial charge in [0.15, 0.2) is 0 Å². The first-order valence-electron chi connectivity index (χ1n) is 12.4. The first-order valence-corrected chi connectivity index (χ1v) is 13.6. The SMILES string of the molecule is CCCCCCCCCCCCCCCCCCCC(CC(C)C)OP(O)O. The fourth-order valence-electron chi connectivity index (χ4n) is 3.97. The predicted octanol–water partition coefficient (Wildman–Crippen LogP) is 8.67. The Kier molecular flexibility index (Phi) is 22.2. The van der Waals surface area contributed by atoms with Gasteiger partial charge in [0.2, 0.25) is 0 Å². The van der Waals surface area contributed by atoms with E-state index in [0.717, 1.165) is 19.3 Å². The number of rotatable bonds is 22. The minimum absolute atomic E-state index is 0.0115. The summed E-state index contributed by atoms with van der Waals surface area (Å²) in [6.07, 6.45) is 25.4. The van der Waals surface area contributed by atoms with Crippen molar-refractivity contribution >= 4 is 8.60 Å². The van der Waals surface area contributed by atoms with Gasteiger partial charge in [0.25, 0.3) is 0 Å². The van der Waals surface area contributed by atoms with Crippen LogP contribution in [-0.4, -0.2) is 15.9 Å². The third kappa shape index (κ3) is 22.6. The zero-order valence-corrected chi connectivity index (χ0v) is 20.2. The maximum atomic E-state index is 9.08. The molecular weight excluding hydrogens is 367 g/mol. The van der Waals surface area contributed by atoms with Crippen LogP contribution < -0.4 is 0 Å². The van der Waals surface area contributed by atoms with Crippen molar-refractivity contribution in [1.82, 2.24) is 0 Å². The predicted molar refractivity (Wildman–Crippen MR) is 124 cm³/mol. The highest BCUT2D eigenvalue weighted by Gasteiger charge is 2.15. The summed E-state index contributed by atoms with van der Waals surface area (Å²) in [6.45, 7) is 6.59. The highest BCUT2D eigenvalue weighted by atomic mass is 31.2. The summed E-state index contributed by atoms with van der Waals surface area (Å²) >= 11 is 0. The third-order valence-corrected chi connectivity index (χ3v) is 6.09. The quantitative estimate of drug-likeness (QED) is 0.137. The highest BCUT2D eigenvalue weighted by Crippen LogP contribution is 2.31. The Labute approximate surface area is 178 Å². The molecule has 1 atom stereocenters. The molecular formula is C24H51O3P. The van der Waals surface area contributed by atoms with Crippen LogP contribution in [0, 0.1) is 5.92 Å². The fraction of sp³-hybridized carbons (Fsp3) is 1.00. The zero-order valence-electron chi connectivity index (χ0n) is 19.3. The van der Waals surface area contributed by atoms with Crippen LogP contribution >= 0.6 is 8.60 Å². The van der Waals surface area contributed by atoms with E-state index < -0.39 is 8.60 Å². The van der Waals surface area contributed by atoms with Gasteiger partial charge >= 0.3 is 8.60 Å². The molecule has 0 aromatic carbocycles. The molecule has 28 heavy (non-hydrogen) atoms. The zero-order chi connectivity index (χ0) is 20.9. The molecule has 0 aliphatic rings. The second-order valence-electron chi connectivity index (χ2n) is 9.06. The second-order valence-corrected chi connectivity index (χ2v) is 9.77. The minimum atomic E-state index is -2.22. The summed E-state index contributed by atoms with van der Waals surface area (Å²) in [5.74, 6) is 0.533. The van der Waals surface area contributed by atoms with Gasteiger partial charge in [-0.25, -0.2) is 0 Å². The van der Waals surface area contributed by atoms with E-state index in [1.165, 1.54) is 103 Å². The van der Waals surface area contributed by atoms with Gasteiger partial charge in [-0.2, -0.15) is 0 Å². The lowest BCUT2D eigenvalue weighted by Crippen LogP contribution is -2.13. The van der Waals surface area contributed by atoms with Crippen molar-refractivity contribution in [3.8, 4) is 0 Å². The molecule has 0 bridgehead atoms. The molecule has 1 unspecified atom stereocenters. The van der Waals surface area contributed by atoms with Crippen molar-refractivity contribution in [2.45, 2.75) is 149 Å². The van der Waals surface area contributed by atoms with E-state index in [2.05, 4.69) is 20.8 Å². The molecule has 4 heteroatoms. The molecule has 0 amide bonds. The number of unbranched alkanes of at least 4 members (excludes halogenated alkanes) is 16. The Hall–Kier alpha value is 0.310. The van der Waals surface area contributed by atoms with Crippen LogP contribution in [0.4, 0.5) is 0 Å². The van der Waals surface area contributed by atoms with Crippen LogP contribution in [0.2, 0.25) is 0 Å². The molecule has 0 fully saturated rings. The monoisotopic (exact) mass is 418 g/mol. The van der Waals surface area contributed by atoms with E-state index >= 15 is 0 Å². The maximum Gasteiger partial charge on any atom is 0.327 e. The van der Waals surface area contributed by atoms with Crippen molar-refractivity contribution in [1.29, 1.82) is 0 Å². The molecule has 0 rings (SSSR count). The Morgan fingerprint density at radius 3 is 1.29 bits per heavy atom. The molecule has 0 aliphatic heterocycles. The van der Waals surface area contributed by atoms with Crippen LogP contribution in [0.3, 0.4) is 0 Å². The second kappa shape index (κ2) is 22.0. The van der Waals surface area contributed by atoms with Gasteiger partial charge in [0.1, 0.15) is 0 Å². The third-order valence-electron chi connectivity index (χ3n) is 5.61. The van der Waals surface area contributed by atoms with Crippen LogP contribution in [0.1, 0.15) is 143 Å². The molecule has 2 N–H and O–H groups in total. The van der Waals surface area contributed by atoms with E-state index in [1.54, 1.807) is 0 Å². The van der Waals surface area contributed by atoms with Gasteiger partial charge < -0.3 is 14.3 Å². The fourth-order valence-corrected chi connectivity index (χ4v) is 4.43. The normalized spacial score (nSPS) is 13.0. The first kappa shape index (κ1) is 28.3. The standard InChI is InChI=1S/C24H51O3P/c1-4-5-6-7-8-9-10-11-12-13-14-15-16-17-18-19-20-21-24(22-23(2)3)27-28(25)26/h23-26H,4-22H2,1-3H3. The summed E-state index contributed by atoms with van der Waals surface area (Å²) in [5, 5.41) is 0. The van der Waals surface area contributed by atoms with Crippen LogP contribution in [0.5, 0.6) is 0 Å². The van der Waals surface area contributed by atoms with E-state index in [4.69, 9.17) is 14.3 Å². The summed E-state index contributed by atoms with van der Waals surface area (Å²) in [5.41, 5.74) is 0. The topological polar surface area (TPSA) is 49.7 Å². The van der Waals surface area contributed by atoms with Gasteiger partial charge in [-0.3, -0.25) is 0 Å². The highest BCUT2D eigenvalue weighted by molar-refractivity contribution is 7.39. The molecule has 0 saturated heterocycles. The Morgan fingerprint density at radius 2 is 0.964 bits per heavy atom. The molecule has 0 saturated carbocycles. The van der Waals surface area contributed by atoms with Crippen molar-refractivity contribution in [2.24, 2.45) is 5.92 Å². The molecule has 0 radical (unpaired) electrons. The van der Waals surface area contributed by atoms with Crippen molar-refractivity contribution < 1.29 is 14.3 Å². The van der Waals surface area contributed by atoms with E-state index in [9.17, 15) is 0 Å². The summed E-state index contributed by atoms with van der Waals surface area (Å²) in [4.78, 5) is 18.2. The van der Waals surface area contributed by atoms with E-state index in [0.29, 0.717) is 5.92 Å². The first-order chi connectivity index (χ1) is 13.6. The Balaban J connectivity index is 3.28. The molecule has 0 aromatic rings. The lowest BCUT2D eigenvalue weighted by molar-refractivity contribution is 0.138. The average molecular weight is 419 g/mol. The summed E-state index contributed by atoms with van der Waals surface area (Å²) in [6, 6.07) is 0. The van der Waals surface area contributed by atoms with Gasteiger partial charge in [-0.1, -0.05) is 130 Å². The van der Waals surface area contributed by atoms with Crippen LogP contribution in [0.15, 0.2) is 0 Å². The number of hydrogen-bond donors (Lipinski definition) is 2. The number of hydrogen-bond acceptors (Lipinski definition) is 3. The van der Waals surface area contributed by atoms with E-state index in [1.807, 2.05) is 0 Å². The van der Waals surface area contributed by atoms with Gasteiger partial charge in [-0.05, 0) is 18.8 Å². The lowest BCUT2D eigenvalue weighted by atomic mass is 10.00. The molecule has 0 spiro atoms. The average Bonchev–Trinajstić information content (AvgIpc) is 2.63. The van der Waals surface area contributed by atoms with Crippen molar-refractivity contribution in [3.63, 3.8) is 0 Å². The van der Waals surface area contributed by atoms with Gasteiger partial charge in [-0.15, -0.1) is 0 Å². The smallest absolute Gasteiger partial charge is 0.327 e. The lowest BCUT2D eigenvalue weighted by Gasteiger charge is -2.19. The summed E-state index contributed by atoms with van der Waals surface area (Å²) < 4.78 is 5.27. The van der Waals surface area contributed by atoms with Crippen LogP contribution in [-0.2, 0) is 4.52 Å². The Bertz CT molecular complexity index is 288. The summed E-state index contributed by atoms with van der Waals surface area (Å²) in [7, 11) is -2.22. The Morgan fingerprint density at radius 1 is 0.607 bits per heavy atom. The van der Waals surface area contributed by atoms with Crippen molar-refractivity contribution in [3.05, 3.63) is 0 Å². The molecule has 170 valence electrons. The van der Waals surface area contributed by atoms with E-state index in [-0.39, 0.29) is 6.10 Å². The minimum Gasteiger partial charge on any atom is -0.328 e.